The molecular weight excluding hydrogens is 310 g/mol. The summed E-state index contributed by atoms with van der Waals surface area (Å²) in [6.45, 7) is 1.75. The fourth-order valence-corrected chi connectivity index (χ4v) is 1.87. The number of carbonyl (C=O) groups is 1. The van der Waals surface area contributed by atoms with Crippen LogP contribution in [0.15, 0.2) is 47.2 Å². The number of ether oxygens (including phenoxy) is 1. The summed E-state index contributed by atoms with van der Waals surface area (Å²) in [4.78, 5) is 25.0. The Balaban J connectivity index is 1.69. The van der Waals surface area contributed by atoms with Crippen LogP contribution in [0.25, 0.3) is 11.4 Å². The van der Waals surface area contributed by atoms with Gasteiger partial charge < -0.3 is 14.2 Å². The first kappa shape index (κ1) is 15.6. The van der Waals surface area contributed by atoms with Crippen molar-refractivity contribution in [2.24, 2.45) is 0 Å². The monoisotopic (exact) mass is 325 g/mol. The predicted molar refractivity (Wildman–Crippen MR) is 84.0 cm³/mol. The minimum Gasteiger partial charge on any atom is -0.424 e. The lowest BCUT2D eigenvalue weighted by Crippen LogP contribution is -2.23. The molecule has 0 aliphatic carbocycles. The molecule has 1 aromatic carbocycles. The van der Waals surface area contributed by atoms with Gasteiger partial charge in [0.05, 0.1) is 6.54 Å². The molecule has 3 rings (SSSR count). The Hall–Kier alpha value is -3.29. The zero-order valence-electron chi connectivity index (χ0n) is 13.2. The fourth-order valence-electron chi connectivity index (χ4n) is 1.87. The second kappa shape index (κ2) is 6.86. The van der Waals surface area contributed by atoms with E-state index < -0.39 is 0 Å². The minimum absolute atomic E-state index is 0.0700. The molecule has 0 aliphatic heterocycles. The quantitative estimate of drug-likeness (QED) is 0.710. The number of amides is 1. The summed E-state index contributed by atoms with van der Waals surface area (Å²) < 4.78 is 10.7. The van der Waals surface area contributed by atoms with Crippen LogP contribution < -0.4 is 4.74 Å². The van der Waals surface area contributed by atoms with Gasteiger partial charge in [0.25, 0.3) is 0 Å². The van der Waals surface area contributed by atoms with E-state index in [1.807, 2.05) is 12.1 Å². The average molecular weight is 325 g/mol. The predicted octanol–water partition coefficient (Wildman–Crippen LogP) is 2.30. The van der Waals surface area contributed by atoms with Gasteiger partial charge in [-0.05, 0) is 30.3 Å². The Morgan fingerprint density at radius 1 is 1.21 bits per heavy atom. The highest BCUT2D eigenvalue weighted by Gasteiger charge is 2.12. The first-order valence-corrected chi connectivity index (χ1v) is 7.21. The number of hydrogen-bond donors (Lipinski definition) is 0. The van der Waals surface area contributed by atoms with Crippen molar-refractivity contribution in [2.45, 2.75) is 13.5 Å². The van der Waals surface area contributed by atoms with Crippen molar-refractivity contribution in [1.29, 1.82) is 0 Å². The molecule has 0 unspecified atom stereocenters. The number of aromatic nitrogens is 4. The molecule has 0 spiro atoms. The maximum Gasteiger partial charge on any atom is 0.321 e. The van der Waals surface area contributed by atoms with E-state index in [9.17, 15) is 4.79 Å². The normalized spacial score (nSPS) is 10.4. The van der Waals surface area contributed by atoms with Crippen LogP contribution in [0.3, 0.4) is 0 Å². The summed E-state index contributed by atoms with van der Waals surface area (Å²) in [5.74, 6) is 1.36. The SMILES string of the molecule is CC(=O)N(C)Cc1nc(-c2ccc(Oc3ncccn3)cc2)no1. The lowest BCUT2D eigenvalue weighted by atomic mass is 10.2. The zero-order valence-corrected chi connectivity index (χ0v) is 13.2. The Bertz CT molecular complexity index is 817. The third kappa shape index (κ3) is 3.72. The molecule has 2 heterocycles. The molecule has 0 bridgehead atoms. The first-order valence-electron chi connectivity index (χ1n) is 7.21. The molecule has 24 heavy (non-hydrogen) atoms. The molecule has 122 valence electrons. The molecule has 2 aromatic heterocycles. The molecule has 0 saturated heterocycles. The van der Waals surface area contributed by atoms with E-state index >= 15 is 0 Å². The summed E-state index contributed by atoms with van der Waals surface area (Å²) >= 11 is 0. The summed E-state index contributed by atoms with van der Waals surface area (Å²) in [5.41, 5.74) is 0.775. The average Bonchev–Trinajstić information content (AvgIpc) is 3.05. The minimum atomic E-state index is -0.0700. The van der Waals surface area contributed by atoms with Crippen LogP contribution in [0.1, 0.15) is 12.8 Å². The highest BCUT2D eigenvalue weighted by Crippen LogP contribution is 2.22. The second-order valence-corrected chi connectivity index (χ2v) is 5.04. The van der Waals surface area contributed by atoms with E-state index in [2.05, 4.69) is 20.1 Å². The van der Waals surface area contributed by atoms with Crippen LogP contribution in [0.2, 0.25) is 0 Å². The molecule has 1 amide bonds. The molecule has 0 aliphatic rings. The van der Waals surface area contributed by atoms with Gasteiger partial charge in [0.15, 0.2) is 0 Å². The van der Waals surface area contributed by atoms with Crippen LogP contribution in [0.5, 0.6) is 11.8 Å². The van der Waals surface area contributed by atoms with Crippen molar-refractivity contribution in [2.75, 3.05) is 7.05 Å². The maximum absolute atomic E-state index is 11.2. The van der Waals surface area contributed by atoms with Crippen LogP contribution in [0, 0.1) is 0 Å². The number of carbonyl (C=O) groups excluding carboxylic acids is 1. The lowest BCUT2D eigenvalue weighted by molar-refractivity contribution is -0.128. The number of rotatable bonds is 5. The van der Waals surface area contributed by atoms with Gasteiger partial charge in [-0.15, -0.1) is 0 Å². The van der Waals surface area contributed by atoms with Crippen LogP contribution in [0.4, 0.5) is 0 Å². The number of benzene rings is 1. The Labute approximate surface area is 138 Å². The van der Waals surface area contributed by atoms with Gasteiger partial charge in [-0.2, -0.15) is 4.98 Å². The molecule has 3 aromatic rings. The van der Waals surface area contributed by atoms with Crippen LogP contribution >= 0.6 is 0 Å². The van der Waals surface area contributed by atoms with E-state index in [4.69, 9.17) is 9.26 Å². The molecule has 0 N–H and O–H groups in total. The van der Waals surface area contributed by atoms with E-state index in [1.54, 1.807) is 37.6 Å². The summed E-state index contributed by atoms with van der Waals surface area (Å²) in [5, 5.41) is 3.92. The standard InChI is InChI=1S/C16H15N5O3/c1-11(22)21(2)10-14-19-15(20-24-14)12-4-6-13(7-5-12)23-16-17-8-3-9-18-16/h3-9H,10H2,1-2H3. The van der Waals surface area contributed by atoms with Crippen molar-refractivity contribution in [3.05, 3.63) is 48.6 Å². The van der Waals surface area contributed by atoms with E-state index in [0.717, 1.165) is 5.56 Å². The van der Waals surface area contributed by atoms with Gasteiger partial charge in [-0.3, -0.25) is 4.79 Å². The largest absolute Gasteiger partial charge is 0.424 e. The zero-order chi connectivity index (χ0) is 16.9. The number of nitrogens with zero attached hydrogens (tertiary/aromatic N) is 5. The second-order valence-electron chi connectivity index (χ2n) is 5.04. The van der Waals surface area contributed by atoms with E-state index in [0.29, 0.717) is 17.5 Å². The fraction of sp³-hybridized carbons (Fsp3) is 0.188. The summed E-state index contributed by atoms with van der Waals surface area (Å²) in [7, 11) is 1.67. The van der Waals surface area contributed by atoms with E-state index in [-0.39, 0.29) is 18.5 Å². The highest BCUT2D eigenvalue weighted by atomic mass is 16.5. The smallest absolute Gasteiger partial charge is 0.321 e. The van der Waals surface area contributed by atoms with Crippen LogP contribution in [-0.2, 0) is 11.3 Å². The molecule has 0 saturated carbocycles. The molecule has 0 radical (unpaired) electrons. The van der Waals surface area contributed by atoms with E-state index in [1.165, 1.54) is 11.8 Å². The Morgan fingerprint density at radius 3 is 2.58 bits per heavy atom. The third-order valence-corrected chi connectivity index (χ3v) is 3.24. The Morgan fingerprint density at radius 2 is 1.92 bits per heavy atom. The highest BCUT2D eigenvalue weighted by molar-refractivity contribution is 5.72. The topological polar surface area (TPSA) is 94.2 Å². The van der Waals surface area contributed by atoms with Crippen molar-refractivity contribution >= 4 is 5.91 Å². The van der Waals surface area contributed by atoms with Gasteiger partial charge >= 0.3 is 6.01 Å². The van der Waals surface area contributed by atoms with Crippen molar-refractivity contribution in [3.8, 4) is 23.1 Å². The summed E-state index contributed by atoms with van der Waals surface area (Å²) in [6, 6.07) is 9.14. The molecular formula is C16H15N5O3. The van der Waals surface area contributed by atoms with Gasteiger partial charge in [0, 0.05) is 31.9 Å². The van der Waals surface area contributed by atoms with Gasteiger partial charge in [-0.25, -0.2) is 9.97 Å². The van der Waals surface area contributed by atoms with Crippen molar-refractivity contribution in [3.63, 3.8) is 0 Å². The molecule has 8 nitrogen and oxygen atoms in total. The van der Waals surface area contributed by atoms with Gasteiger partial charge in [0.1, 0.15) is 5.75 Å². The molecule has 0 fully saturated rings. The van der Waals surface area contributed by atoms with Crippen molar-refractivity contribution in [1.82, 2.24) is 25.0 Å². The van der Waals surface area contributed by atoms with Crippen molar-refractivity contribution < 1.29 is 14.1 Å². The number of hydrogen-bond acceptors (Lipinski definition) is 7. The molecule has 0 atom stereocenters. The Kier molecular flexibility index (Phi) is 4.46. The molecule has 8 heteroatoms. The van der Waals surface area contributed by atoms with Gasteiger partial charge in [-0.1, -0.05) is 5.16 Å². The third-order valence-electron chi connectivity index (χ3n) is 3.24. The van der Waals surface area contributed by atoms with Gasteiger partial charge in [0.2, 0.25) is 17.6 Å². The van der Waals surface area contributed by atoms with Crippen LogP contribution in [-0.4, -0.2) is 38.0 Å². The first-order chi connectivity index (χ1) is 11.6. The lowest BCUT2D eigenvalue weighted by Gasteiger charge is -2.10. The maximum atomic E-state index is 11.2. The summed E-state index contributed by atoms with van der Waals surface area (Å²) in [6.07, 6.45) is 3.21.